The molecule has 0 saturated carbocycles. The van der Waals surface area contributed by atoms with Gasteiger partial charge in [0.25, 0.3) is 0 Å². The maximum absolute atomic E-state index is 14.0. The van der Waals surface area contributed by atoms with Crippen LogP contribution in [-0.2, 0) is 4.74 Å². The van der Waals surface area contributed by atoms with Gasteiger partial charge in [-0.15, -0.1) is 0 Å². The maximum Gasteiger partial charge on any atom is 0.144 e. The second-order valence-electron chi connectivity index (χ2n) is 5.53. The molecule has 1 fully saturated rings. The zero-order chi connectivity index (χ0) is 11.6. The van der Waals surface area contributed by atoms with Gasteiger partial charge in [-0.3, -0.25) is 4.90 Å². The first-order chi connectivity index (χ1) is 6.82. The Hall–Kier alpha value is -0.150. The first kappa shape index (κ1) is 12.9. The van der Waals surface area contributed by atoms with Crippen LogP contribution in [0.3, 0.4) is 0 Å². The van der Waals surface area contributed by atoms with Gasteiger partial charge in [-0.1, -0.05) is 13.8 Å². The molecule has 0 spiro atoms. The molecular formula is C12H24FNO. The fourth-order valence-corrected chi connectivity index (χ4v) is 1.89. The summed E-state index contributed by atoms with van der Waals surface area (Å²) in [6.07, 6.45) is 0.157. The van der Waals surface area contributed by atoms with Gasteiger partial charge in [0.05, 0.1) is 12.7 Å². The Labute approximate surface area is 92.8 Å². The Morgan fingerprint density at radius 3 is 2.40 bits per heavy atom. The predicted molar refractivity (Wildman–Crippen MR) is 60.8 cm³/mol. The summed E-state index contributed by atoms with van der Waals surface area (Å²) < 4.78 is 19.7. The van der Waals surface area contributed by atoms with E-state index in [1.165, 1.54) is 0 Å². The standard InChI is InChI=1S/C12H24FNO/c1-9(2)11-6-14(10(3)4)7-12(5,13)8-15-11/h9-11H,6-8H2,1-5H3/t11?,12-/m1/s1. The molecule has 1 unspecified atom stereocenters. The Balaban J connectivity index is 2.71. The second kappa shape index (κ2) is 4.79. The third-order valence-electron chi connectivity index (χ3n) is 3.02. The summed E-state index contributed by atoms with van der Waals surface area (Å²) in [7, 11) is 0. The van der Waals surface area contributed by atoms with Crippen LogP contribution in [0.15, 0.2) is 0 Å². The van der Waals surface area contributed by atoms with Crippen LogP contribution >= 0.6 is 0 Å². The first-order valence-corrected chi connectivity index (χ1v) is 5.86. The quantitative estimate of drug-likeness (QED) is 0.704. The van der Waals surface area contributed by atoms with Gasteiger partial charge < -0.3 is 4.74 Å². The van der Waals surface area contributed by atoms with E-state index in [-0.39, 0.29) is 12.7 Å². The van der Waals surface area contributed by atoms with Gasteiger partial charge in [-0.25, -0.2) is 4.39 Å². The van der Waals surface area contributed by atoms with Crippen LogP contribution in [0.4, 0.5) is 4.39 Å². The zero-order valence-electron chi connectivity index (χ0n) is 10.6. The molecule has 1 aliphatic rings. The van der Waals surface area contributed by atoms with Crippen molar-refractivity contribution in [3.05, 3.63) is 0 Å². The lowest BCUT2D eigenvalue weighted by molar-refractivity contribution is -0.0151. The molecule has 0 amide bonds. The van der Waals surface area contributed by atoms with E-state index in [2.05, 4.69) is 32.6 Å². The summed E-state index contributed by atoms with van der Waals surface area (Å²) in [5.74, 6) is 0.445. The summed E-state index contributed by atoms with van der Waals surface area (Å²) in [6, 6.07) is 0.378. The van der Waals surface area contributed by atoms with Crippen LogP contribution in [0.5, 0.6) is 0 Å². The summed E-state index contributed by atoms with van der Waals surface area (Å²) in [6.45, 7) is 11.7. The summed E-state index contributed by atoms with van der Waals surface area (Å²) in [5, 5.41) is 0. The van der Waals surface area contributed by atoms with E-state index in [0.29, 0.717) is 18.5 Å². The molecule has 0 radical (unpaired) electrons. The molecule has 1 heterocycles. The Morgan fingerprint density at radius 2 is 1.93 bits per heavy atom. The largest absolute Gasteiger partial charge is 0.373 e. The van der Waals surface area contributed by atoms with Crippen LogP contribution in [-0.4, -0.2) is 42.4 Å². The van der Waals surface area contributed by atoms with Gasteiger partial charge in [0.1, 0.15) is 5.67 Å². The van der Waals surface area contributed by atoms with Crippen LogP contribution in [0.2, 0.25) is 0 Å². The van der Waals surface area contributed by atoms with Crippen LogP contribution in [0, 0.1) is 5.92 Å². The van der Waals surface area contributed by atoms with E-state index >= 15 is 0 Å². The topological polar surface area (TPSA) is 12.5 Å². The third-order valence-corrected chi connectivity index (χ3v) is 3.02. The van der Waals surface area contributed by atoms with Gasteiger partial charge in [-0.05, 0) is 26.7 Å². The van der Waals surface area contributed by atoms with Crippen LogP contribution in [0.1, 0.15) is 34.6 Å². The highest BCUT2D eigenvalue weighted by Gasteiger charge is 2.34. The lowest BCUT2D eigenvalue weighted by atomic mass is 10.1. The first-order valence-electron chi connectivity index (χ1n) is 5.86. The smallest absolute Gasteiger partial charge is 0.144 e. The highest BCUT2D eigenvalue weighted by atomic mass is 19.1. The molecule has 0 N–H and O–H groups in total. The molecule has 15 heavy (non-hydrogen) atoms. The molecule has 0 aliphatic carbocycles. The van der Waals surface area contributed by atoms with Crippen molar-refractivity contribution in [3.63, 3.8) is 0 Å². The van der Waals surface area contributed by atoms with E-state index in [1.54, 1.807) is 6.92 Å². The lowest BCUT2D eigenvalue weighted by Gasteiger charge is -2.30. The molecule has 1 saturated heterocycles. The molecule has 0 aromatic heterocycles. The molecule has 3 heteroatoms. The molecule has 2 nitrogen and oxygen atoms in total. The van der Waals surface area contributed by atoms with Crippen LogP contribution in [0.25, 0.3) is 0 Å². The molecule has 0 bridgehead atoms. The Kier molecular flexibility index (Phi) is 4.13. The van der Waals surface area contributed by atoms with E-state index in [4.69, 9.17) is 4.74 Å². The molecule has 90 valence electrons. The van der Waals surface area contributed by atoms with Crippen molar-refractivity contribution in [1.29, 1.82) is 0 Å². The van der Waals surface area contributed by atoms with Crippen LogP contribution < -0.4 is 0 Å². The maximum atomic E-state index is 14.0. The van der Waals surface area contributed by atoms with E-state index in [1.807, 2.05) is 0 Å². The number of hydrogen-bond donors (Lipinski definition) is 0. The molecule has 0 aromatic carbocycles. The van der Waals surface area contributed by atoms with E-state index in [9.17, 15) is 4.39 Å². The van der Waals surface area contributed by atoms with Gasteiger partial charge in [0.15, 0.2) is 0 Å². The number of halogens is 1. The van der Waals surface area contributed by atoms with Crippen molar-refractivity contribution >= 4 is 0 Å². The summed E-state index contributed by atoms with van der Waals surface area (Å²) in [5.41, 5.74) is -1.21. The predicted octanol–water partition coefficient (Wildman–Crippen LogP) is 2.48. The Morgan fingerprint density at radius 1 is 1.33 bits per heavy atom. The van der Waals surface area contributed by atoms with Crippen molar-refractivity contribution in [2.75, 3.05) is 19.7 Å². The summed E-state index contributed by atoms with van der Waals surface area (Å²) in [4.78, 5) is 2.18. The minimum absolute atomic E-state index is 0.157. The van der Waals surface area contributed by atoms with Gasteiger partial charge in [-0.2, -0.15) is 0 Å². The fourth-order valence-electron chi connectivity index (χ4n) is 1.89. The van der Waals surface area contributed by atoms with Gasteiger partial charge in [0.2, 0.25) is 0 Å². The van der Waals surface area contributed by atoms with Crippen molar-refractivity contribution < 1.29 is 9.13 Å². The molecule has 1 rings (SSSR count). The van der Waals surface area contributed by atoms with E-state index < -0.39 is 5.67 Å². The number of nitrogens with zero attached hydrogens (tertiary/aromatic N) is 1. The monoisotopic (exact) mass is 217 g/mol. The average molecular weight is 217 g/mol. The summed E-state index contributed by atoms with van der Waals surface area (Å²) >= 11 is 0. The number of alkyl halides is 1. The van der Waals surface area contributed by atoms with Crippen molar-refractivity contribution in [3.8, 4) is 0 Å². The highest BCUT2D eigenvalue weighted by Crippen LogP contribution is 2.23. The Bertz CT molecular complexity index is 204. The van der Waals surface area contributed by atoms with Gasteiger partial charge >= 0.3 is 0 Å². The highest BCUT2D eigenvalue weighted by molar-refractivity contribution is 4.85. The van der Waals surface area contributed by atoms with Gasteiger partial charge in [0, 0.05) is 19.1 Å². The van der Waals surface area contributed by atoms with Crippen molar-refractivity contribution in [2.24, 2.45) is 5.92 Å². The minimum atomic E-state index is -1.21. The normalized spacial score (nSPS) is 34.8. The minimum Gasteiger partial charge on any atom is -0.373 e. The fraction of sp³-hybridized carbons (Fsp3) is 1.00. The number of ether oxygens (including phenoxy) is 1. The molecular weight excluding hydrogens is 193 g/mol. The third kappa shape index (κ3) is 3.72. The molecule has 1 aliphatic heterocycles. The van der Waals surface area contributed by atoms with Crippen molar-refractivity contribution in [2.45, 2.75) is 52.4 Å². The van der Waals surface area contributed by atoms with Crippen molar-refractivity contribution in [1.82, 2.24) is 4.90 Å². The average Bonchev–Trinajstić information content (AvgIpc) is 2.23. The number of rotatable bonds is 2. The number of hydrogen-bond acceptors (Lipinski definition) is 2. The second-order valence-corrected chi connectivity index (χ2v) is 5.53. The van der Waals surface area contributed by atoms with E-state index in [0.717, 1.165) is 6.54 Å². The molecule has 0 aromatic rings. The molecule has 2 atom stereocenters. The SMILES string of the molecule is CC(C)C1CN(C(C)C)C[C@@](C)(F)CO1. The lowest BCUT2D eigenvalue weighted by Crippen LogP contribution is -2.43. The zero-order valence-corrected chi connectivity index (χ0v) is 10.6.